The number of hydrogen-bond donors (Lipinski definition) is 1. The van der Waals surface area contributed by atoms with Crippen LogP contribution in [0.25, 0.3) is 0 Å². The summed E-state index contributed by atoms with van der Waals surface area (Å²) in [6, 6.07) is 9.58. The van der Waals surface area contributed by atoms with Gasteiger partial charge in [-0.1, -0.05) is 12.1 Å². The van der Waals surface area contributed by atoms with Crippen molar-refractivity contribution in [2.45, 2.75) is 20.4 Å². The van der Waals surface area contributed by atoms with Gasteiger partial charge in [-0.3, -0.25) is 29.5 Å². The fraction of sp³-hybridized carbons (Fsp3) is 0.143. The second-order valence-corrected chi connectivity index (χ2v) is 6.59. The topological polar surface area (TPSA) is 134 Å². The molecule has 0 fully saturated rings. The molecule has 30 heavy (non-hydrogen) atoms. The molecular formula is C21H17N5O4. The molecular weight excluding hydrogens is 386 g/mol. The van der Waals surface area contributed by atoms with Gasteiger partial charge >= 0.3 is 0 Å². The maximum atomic E-state index is 12.7. The van der Waals surface area contributed by atoms with Gasteiger partial charge in [-0.2, -0.15) is 5.26 Å². The highest BCUT2D eigenvalue weighted by Crippen LogP contribution is 2.26. The van der Waals surface area contributed by atoms with E-state index in [1.807, 2.05) is 6.07 Å². The standard InChI is InChI=1S/C21H17N5O4/c1-13-5-6-16(26(29)30)8-19(13)24-11-18-14(2)17(9-22)20(27)25(21(18)28)12-15-4-3-7-23-10-15/h3-8,10-11,28H,12H2,1-2H3. The van der Waals surface area contributed by atoms with E-state index in [4.69, 9.17) is 0 Å². The van der Waals surface area contributed by atoms with E-state index in [1.54, 1.807) is 37.5 Å². The average molecular weight is 403 g/mol. The normalized spacial score (nSPS) is 10.8. The number of nitro groups is 1. The summed E-state index contributed by atoms with van der Waals surface area (Å²) in [5.74, 6) is -0.354. The summed E-state index contributed by atoms with van der Waals surface area (Å²) in [5.41, 5.74) is 1.29. The lowest BCUT2D eigenvalue weighted by atomic mass is 10.1. The molecule has 0 radical (unpaired) electrons. The number of nitrogens with zero attached hydrogens (tertiary/aromatic N) is 5. The van der Waals surface area contributed by atoms with E-state index in [0.717, 1.165) is 4.57 Å². The predicted molar refractivity (Wildman–Crippen MR) is 110 cm³/mol. The van der Waals surface area contributed by atoms with Crippen molar-refractivity contribution in [2.75, 3.05) is 0 Å². The Labute approximate surface area is 171 Å². The van der Waals surface area contributed by atoms with E-state index in [2.05, 4.69) is 9.98 Å². The number of aryl methyl sites for hydroxylation is 1. The lowest BCUT2D eigenvalue weighted by Crippen LogP contribution is -2.26. The summed E-state index contributed by atoms with van der Waals surface area (Å²) in [4.78, 5) is 31.4. The van der Waals surface area contributed by atoms with Crippen molar-refractivity contribution >= 4 is 17.6 Å². The molecule has 0 saturated carbocycles. The number of rotatable bonds is 5. The van der Waals surface area contributed by atoms with Crippen LogP contribution < -0.4 is 5.56 Å². The number of nitro benzene ring substituents is 1. The van der Waals surface area contributed by atoms with Crippen LogP contribution in [-0.4, -0.2) is 25.8 Å². The van der Waals surface area contributed by atoms with Crippen LogP contribution in [0.4, 0.5) is 11.4 Å². The second-order valence-electron chi connectivity index (χ2n) is 6.59. The Morgan fingerprint density at radius 1 is 1.37 bits per heavy atom. The highest BCUT2D eigenvalue weighted by Gasteiger charge is 2.18. The van der Waals surface area contributed by atoms with Gasteiger partial charge < -0.3 is 5.11 Å². The molecule has 0 spiro atoms. The Morgan fingerprint density at radius 3 is 2.77 bits per heavy atom. The molecule has 0 unspecified atom stereocenters. The van der Waals surface area contributed by atoms with E-state index >= 15 is 0 Å². The fourth-order valence-corrected chi connectivity index (χ4v) is 2.93. The van der Waals surface area contributed by atoms with Crippen LogP contribution in [-0.2, 0) is 6.54 Å². The van der Waals surface area contributed by atoms with Crippen LogP contribution in [0.1, 0.15) is 27.8 Å². The number of aromatic nitrogens is 2. The van der Waals surface area contributed by atoms with Gasteiger partial charge in [-0.15, -0.1) is 0 Å². The first-order valence-corrected chi connectivity index (χ1v) is 8.88. The second kappa shape index (κ2) is 8.36. The molecule has 0 saturated heterocycles. The molecule has 9 heteroatoms. The zero-order chi connectivity index (χ0) is 21.8. The lowest BCUT2D eigenvalue weighted by molar-refractivity contribution is -0.384. The molecule has 3 aromatic rings. The van der Waals surface area contributed by atoms with Crippen molar-refractivity contribution in [1.29, 1.82) is 5.26 Å². The minimum Gasteiger partial charge on any atom is -0.494 e. The summed E-state index contributed by atoms with van der Waals surface area (Å²) >= 11 is 0. The van der Waals surface area contributed by atoms with Gasteiger partial charge in [-0.05, 0) is 36.6 Å². The van der Waals surface area contributed by atoms with Crippen LogP contribution in [0.3, 0.4) is 0 Å². The maximum absolute atomic E-state index is 12.7. The Balaban J connectivity index is 2.14. The Kier molecular flexibility index (Phi) is 5.69. The fourth-order valence-electron chi connectivity index (χ4n) is 2.93. The molecule has 2 heterocycles. The number of nitriles is 1. The summed E-state index contributed by atoms with van der Waals surface area (Å²) in [5, 5.41) is 31.2. The lowest BCUT2D eigenvalue weighted by Gasteiger charge is -2.14. The van der Waals surface area contributed by atoms with E-state index < -0.39 is 10.5 Å². The predicted octanol–water partition coefficient (Wildman–Crippen LogP) is 3.14. The summed E-state index contributed by atoms with van der Waals surface area (Å²) in [6.45, 7) is 3.30. The van der Waals surface area contributed by atoms with Gasteiger partial charge in [-0.25, -0.2) is 0 Å². The number of aliphatic imine (C=N–C) groups is 1. The summed E-state index contributed by atoms with van der Waals surface area (Å²) in [6.07, 6.45) is 4.44. The van der Waals surface area contributed by atoms with Gasteiger partial charge in [0.15, 0.2) is 0 Å². The molecule has 0 aliphatic carbocycles. The van der Waals surface area contributed by atoms with Crippen molar-refractivity contribution in [3.63, 3.8) is 0 Å². The number of aromatic hydroxyl groups is 1. The quantitative estimate of drug-likeness (QED) is 0.395. The minimum absolute atomic E-state index is 0.0180. The molecule has 1 aromatic carbocycles. The van der Waals surface area contributed by atoms with E-state index in [9.17, 15) is 25.3 Å². The smallest absolute Gasteiger partial charge is 0.271 e. The van der Waals surface area contributed by atoms with Crippen LogP contribution >= 0.6 is 0 Å². The first-order chi connectivity index (χ1) is 14.3. The molecule has 0 bridgehead atoms. The van der Waals surface area contributed by atoms with Crippen LogP contribution in [0, 0.1) is 35.3 Å². The van der Waals surface area contributed by atoms with Crippen molar-refractivity contribution in [3.8, 4) is 11.9 Å². The Hall–Kier alpha value is -4.32. The third-order valence-corrected chi connectivity index (χ3v) is 4.65. The van der Waals surface area contributed by atoms with Crippen molar-refractivity contribution in [1.82, 2.24) is 9.55 Å². The summed E-state index contributed by atoms with van der Waals surface area (Å²) in [7, 11) is 0. The van der Waals surface area contributed by atoms with Crippen molar-refractivity contribution in [2.24, 2.45) is 4.99 Å². The van der Waals surface area contributed by atoms with E-state index in [0.29, 0.717) is 16.8 Å². The molecule has 3 rings (SSSR count). The molecule has 150 valence electrons. The van der Waals surface area contributed by atoms with Crippen molar-refractivity contribution < 1.29 is 10.0 Å². The Bertz CT molecular complexity index is 1260. The third kappa shape index (κ3) is 3.93. The SMILES string of the molecule is Cc1ccc([N+](=O)[O-])cc1N=Cc1c(C)c(C#N)c(=O)n(Cc2cccnc2)c1O. The molecule has 0 amide bonds. The van der Waals surface area contributed by atoms with Crippen LogP contribution in [0.2, 0.25) is 0 Å². The Morgan fingerprint density at radius 2 is 2.13 bits per heavy atom. The first kappa shape index (κ1) is 20.4. The number of pyridine rings is 2. The first-order valence-electron chi connectivity index (χ1n) is 8.88. The van der Waals surface area contributed by atoms with Gasteiger partial charge in [0, 0.05) is 30.7 Å². The van der Waals surface area contributed by atoms with Crippen LogP contribution in [0.5, 0.6) is 5.88 Å². The molecule has 2 aromatic heterocycles. The number of hydrogen-bond acceptors (Lipinski definition) is 7. The molecule has 0 aliphatic rings. The molecule has 0 aliphatic heterocycles. The van der Waals surface area contributed by atoms with Crippen LogP contribution in [0.15, 0.2) is 52.5 Å². The largest absolute Gasteiger partial charge is 0.494 e. The van der Waals surface area contributed by atoms with Crippen molar-refractivity contribution in [3.05, 3.63) is 91.0 Å². The zero-order valence-corrected chi connectivity index (χ0v) is 16.2. The third-order valence-electron chi connectivity index (χ3n) is 4.65. The zero-order valence-electron chi connectivity index (χ0n) is 16.2. The van der Waals surface area contributed by atoms with E-state index in [1.165, 1.54) is 25.3 Å². The number of benzene rings is 1. The highest BCUT2D eigenvalue weighted by atomic mass is 16.6. The minimum atomic E-state index is -0.625. The summed E-state index contributed by atoms with van der Waals surface area (Å²) < 4.78 is 1.07. The van der Waals surface area contributed by atoms with Gasteiger partial charge in [0.1, 0.15) is 11.6 Å². The molecule has 0 atom stereocenters. The number of non-ortho nitro benzene ring substituents is 1. The monoisotopic (exact) mass is 403 g/mol. The van der Waals surface area contributed by atoms with E-state index in [-0.39, 0.29) is 34.8 Å². The molecule has 1 N–H and O–H groups in total. The maximum Gasteiger partial charge on any atom is 0.271 e. The highest BCUT2D eigenvalue weighted by molar-refractivity contribution is 5.87. The van der Waals surface area contributed by atoms with Gasteiger partial charge in [0.25, 0.3) is 11.2 Å². The van der Waals surface area contributed by atoms with Gasteiger partial charge in [0.05, 0.1) is 22.7 Å². The average Bonchev–Trinajstić information content (AvgIpc) is 2.73. The molecule has 9 nitrogen and oxygen atoms in total. The van der Waals surface area contributed by atoms with Gasteiger partial charge in [0.2, 0.25) is 5.88 Å².